The lowest BCUT2D eigenvalue weighted by Crippen LogP contribution is -2.39. The second-order valence-electron chi connectivity index (χ2n) is 11.2. The first-order valence-corrected chi connectivity index (χ1v) is 11.9. The summed E-state index contributed by atoms with van der Waals surface area (Å²) in [6.45, 7) is 9.48. The van der Waals surface area contributed by atoms with Gasteiger partial charge in [-0.25, -0.2) is 4.79 Å². The van der Waals surface area contributed by atoms with Crippen molar-refractivity contribution in [3.63, 3.8) is 0 Å². The third kappa shape index (κ3) is 3.03. The van der Waals surface area contributed by atoms with E-state index >= 15 is 0 Å². The van der Waals surface area contributed by atoms with Gasteiger partial charge in [-0.2, -0.15) is 0 Å². The first kappa shape index (κ1) is 20.6. The SMILES string of the molecule is CC1(C)CCC(C)(C)c2cc3c(cc21)O[C@H]1CCCCC[C@@]31c1ccc(C(=O)O)cc1. The summed E-state index contributed by atoms with van der Waals surface area (Å²) in [5.41, 5.74) is 5.91. The van der Waals surface area contributed by atoms with Gasteiger partial charge in [0.2, 0.25) is 0 Å². The average molecular weight is 419 g/mol. The summed E-state index contributed by atoms with van der Waals surface area (Å²) in [5, 5.41) is 9.39. The number of carboxylic acid groups (broad SMARTS) is 1. The molecule has 0 spiro atoms. The molecule has 2 aliphatic carbocycles. The van der Waals surface area contributed by atoms with Gasteiger partial charge in [-0.15, -0.1) is 0 Å². The largest absolute Gasteiger partial charge is 0.489 e. The molecule has 1 saturated carbocycles. The molecule has 3 heteroatoms. The molecule has 2 aromatic rings. The van der Waals surface area contributed by atoms with Crippen LogP contribution >= 0.6 is 0 Å². The maximum Gasteiger partial charge on any atom is 0.335 e. The van der Waals surface area contributed by atoms with Crippen molar-refractivity contribution in [3.05, 3.63) is 64.2 Å². The van der Waals surface area contributed by atoms with Gasteiger partial charge in [0.1, 0.15) is 11.9 Å². The molecule has 3 nitrogen and oxygen atoms in total. The van der Waals surface area contributed by atoms with Gasteiger partial charge in [0, 0.05) is 5.56 Å². The van der Waals surface area contributed by atoms with Crippen LogP contribution in [0.2, 0.25) is 0 Å². The monoisotopic (exact) mass is 418 g/mol. The quantitative estimate of drug-likeness (QED) is 0.587. The zero-order chi connectivity index (χ0) is 22.0. The van der Waals surface area contributed by atoms with Gasteiger partial charge >= 0.3 is 5.97 Å². The molecule has 3 aliphatic rings. The molecule has 0 radical (unpaired) electrons. The number of hydrogen-bond donors (Lipinski definition) is 1. The van der Waals surface area contributed by atoms with Gasteiger partial charge in [0.05, 0.1) is 11.0 Å². The van der Waals surface area contributed by atoms with Crippen molar-refractivity contribution in [2.24, 2.45) is 0 Å². The Morgan fingerprint density at radius 1 is 0.871 bits per heavy atom. The summed E-state index contributed by atoms with van der Waals surface area (Å²) in [7, 11) is 0. The second kappa shape index (κ2) is 6.85. The van der Waals surface area contributed by atoms with E-state index in [9.17, 15) is 9.90 Å². The van der Waals surface area contributed by atoms with E-state index in [0.717, 1.165) is 18.6 Å². The van der Waals surface area contributed by atoms with Gasteiger partial charge in [0.15, 0.2) is 0 Å². The molecule has 0 aromatic heterocycles. The number of benzene rings is 2. The summed E-state index contributed by atoms with van der Waals surface area (Å²) in [6, 6.07) is 12.4. The summed E-state index contributed by atoms with van der Waals surface area (Å²) < 4.78 is 6.74. The maximum absolute atomic E-state index is 11.4. The maximum atomic E-state index is 11.4. The summed E-state index contributed by atoms with van der Waals surface area (Å²) in [4.78, 5) is 11.4. The van der Waals surface area contributed by atoms with Crippen LogP contribution in [0.4, 0.5) is 0 Å². The normalized spacial score (nSPS) is 27.9. The molecule has 0 saturated heterocycles. The van der Waals surface area contributed by atoms with E-state index in [1.165, 1.54) is 54.4 Å². The lowest BCUT2D eigenvalue weighted by Gasteiger charge is -2.42. The standard InChI is InChI=1S/C28H34O3/c1-26(2)14-15-27(3,4)21-17-23-22(16-20(21)26)28(13-7-5-6-8-24(28)31-23)19-11-9-18(10-12-19)25(29)30/h9-12,16-17,24H,5-8,13-15H2,1-4H3,(H,29,30)/t24-,28+/m0/s1. The molecular weight excluding hydrogens is 384 g/mol. The Kier molecular flexibility index (Phi) is 4.55. The van der Waals surface area contributed by atoms with Gasteiger partial charge < -0.3 is 9.84 Å². The fourth-order valence-electron chi connectivity index (χ4n) is 6.37. The summed E-state index contributed by atoms with van der Waals surface area (Å²) in [6.07, 6.45) is 8.19. The lowest BCUT2D eigenvalue weighted by atomic mass is 9.61. The molecule has 0 amide bonds. The molecule has 1 N–H and O–H groups in total. The molecule has 1 fully saturated rings. The minimum Gasteiger partial charge on any atom is -0.489 e. The van der Waals surface area contributed by atoms with Crippen molar-refractivity contribution in [2.45, 2.75) is 95.0 Å². The second-order valence-corrected chi connectivity index (χ2v) is 11.2. The molecule has 1 heterocycles. The number of fused-ring (bicyclic) bond motifs is 4. The number of ether oxygens (including phenoxy) is 1. The van der Waals surface area contributed by atoms with E-state index in [2.05, 4.69) is 39.8 Å². The van der Waals surface area contributed by atoms with Crippen molar-refractivity contribution >= 4 is 5.97 Å². The lowest BCUT2D eigenvalue weighted by molar-refractivity contribution is 0.0697. The van der Waals surface area contributed by atoms with E-state index < -0.39 is 5.97 Å². The first-order valence-electron chi connectivity index (χ1n) is 11.9. The number of rotatable bonds is 2. The molecule has 2 aromatic carbocycles. The molecule has 5 rings (SSSR count). The van der Waals surface area contributed by atoms with Crippen LogP contribution in [-0.4, -0.2) is 17.2 Å². The number of hydrogen-bond acceptors (Lipinski definition) is 2. The van der Waals surface area contributed by atoms with Crippen LogP contribution in [-0.2, 0) is 16.2 Å². The van der Waals surface area contributed by atoms with Crippen molar-refractivity contribution in [1.29, 1.82) is 0 Å². The van der Waals surface area contributed by atoms with Crippen LogP contribution in [0.3, 0.4) is 0 Å². The Labute approximate surface area is 185 Å². The van der Waals surface area contributed by atoms with Crippen molar-refractivity contribution in [3.8, 4) is 5.75 Å². The molecule has 164 valence electrons. The third-order valence-corrected chi connectivity index (χ3v) is 8.44. The van der Waals surface area contributed by atoms with Crippen molar-refractivity contribution in [1.82, 2.24) is 0 Å². The Morgan fingerprint density at radius 3 is 2.16 bits per heavy atom. The summed E-state index contributed by atoms with van der Waals surface area (Å²) >= 11 is 0. The minimum absolute atomic E-state index is 0.121. The van der Waals surface area contributed by atoms with Crippen LogP contribution in [0, 0.1) is 0 Å². The van der Waals surface area contributed by atoms with E-state index in [1.54, 1.807) is 12.1 Å². The highest BCUT2D eigenvalue weighted by Crippen LogP contribution is 2.57. The number of carbonyl (C=O) groups is 1. The van der Waals surface area contributed by atoms with Crippen LogP contribution in [0.5, 0.6) is 5.75 Å². The highest BCUT2D eigenvalue weighted by molar-refractivity contribution is 5.87. The van der Waals surface area contributed by atoms with Crippen LogP contribution in [0.15, 0.2) is 36.4 Å². The van der Waals surface area contributed by atoms with E-state index in [4.69, 9.17) is 4.74 Å². The highest BCUT2D eigenvalue weighted by Gasteiger charge is 2.52. The molecule has 2 atom stereocenters. The average Bonchev–Trinajstić information content (AvgIpc) is 2.88. The minimum atomic E-state index is -0.873. The van der Waals surface area contributed by atoms with E-state index in [-0.39, 0.29) is 22.3 Å². The van der Waals surface area contributed by atoms with Gasteiger partial charge in [-0.3, -0.25) is 0 Å². The van der Waals surface area contributed by atoms with Gasteiger partial charge in [-0.05, 0) is 77.8 Å². The van der Waals surface area contributed by atoms with E-state index in [0.29, 0.717) is 5.56 Å². The first-order chi connectivity index (χ1) is 14.6. The predicted octanol–water partition coefficient (Wildman–Crippen LogP) is 6.75. The number of carboxylic acids is 1. The van der Waals surface area contributed by atoms with Crippen molar-refractivity contribution < 1.29 is 14.6 Å². The fourth-order valence-corrected chi connectivity index (χ4v) is 6.37. The molecular formula is C28H34O3. The fraction of sp³-hybridized carbons (Fsp3) is 0.536. The van der Waals surface area contributed by atoms with Gasteiger partial charge in [-0.1, -0.05) is 58.7 Å². The topological polar surface area (TPSA) is 46.5 Å². The predicted molar refractivity (Wildman–Crippen MR) is 123 cm³/mol. The molecule has 31 heavy (non-hydrogen) atoms. The highest BCUT2D eigenvalue weighted by atomic mass is 16.5. The zero-order valence-electron chi connectivity index (χ0n) is 19.3. The Bertz CT molecular complexity index is 1030. The zero-order valence-corrected chi connectivity index (χ0v) is 19.3. The van der Waals surface area contributed by atoms with E-state index in [1.807, 2.05) is 12.1 Å². The summed E-state index contributed by atoms with van der Waals surface area (Å²) in [5.74, 6) is 0.182. The van der Waals surface area contributed by atoms with Crippen LogP contribution < -0.4 is 4.74 Å². The van der Waals surface area contributed by atoms with Gasteiger partial charge in [0.25, 0.3) is 0 Å². The Balaban J connectivity index is 1.73. The Hall–Kier alpha value is -2.29. The molecule has 0 unspecified atom stereocenters. The Morgan fingerprint density at radius 2 is 1.52 bits per heavy atom. The molecule has 0 bridgehead atoms. The van der Waals surface area contributed by atoms with Crippen molar-refractivity contribution in [2.75, 3.05) is 0 Å². The third-order valence-electron chi connectivity index (χ3n) is 8.44. The smallest absolute Gasteiger partial charge is 0.335 e. The van der Waals surface area contributed by atoms with Crippen LogP contribution in [0.25, 0.3) is 0 Å². The molecule has 1 aliphatic heterocycles. The number of aromatic carboxylic acids is 1. The van der Waals surface area contributed by atoms with Crippen LogP contribution in [0.1, 0.15) is 105 Å².